The zero-order valence-electron chi connectivity index (χ0n) is 18.6. The Kier molecular flexibility index (Phi) is 7.06. The van der Waals surface area contributed by atoms with Gasteiger partial charge in [-0.15, -0.1) is 0 Å². The summed E-state index contributed by atoms with van der Waals surface area (Å²) < 4.78 is 6.14. The summed E-state index contributed by atoms with van der Waals surface area (Å²) in [4.78, 5) is 6.19. The van der Waals surface area contributed by atoms with Gasteiger partial charge in [-0.25, -0.2) is 0 Å². The maximum absolute atomic E-state index is 6.14. The van der Waals surface area contributed by atoms with E-state index in [1.165, 1.54) is 27.7 Å². The van der Waals surface area contributed by atoms with Crippen LogP contribution < -0.4 is 4.74 Å². The van der Waals surface area contributed by atoms with Crippen LogP contribution in [-0.2, 0) is 13.0 Å². The third-order valence-electron chi connectivity index (χ3n) is 5.71. The van der Waals surface area contributed by atoms with Crippen molar-refractivity contribution in [1.82, 2.24) is 9.88 Å². The first-order valence-corrected chi connectivity index (χ1v) is 11.4. The van der Waals surface area contributed by atoms with Crippen molar-refractivity contribution in [3.05, 3.63) is 102 Å². The zero-order chi connectivity index (χ0) is 21.5. The van der Waals surface area contributed by atoms with E-state index in [2.05, 4.69) is 76.7 Å². The van der Waals surface area contributed by atoms with Crippen molar-refractivity contribution >= 4 is 10.9 Å². The smallest absolute Gasteiger partial charge is 0.128 e. The lowest BCUT2D eigenvalue weighted by Gasteiger charge is -2.28. The summed E-state index contributed by atoms with van der Waals surface area (Å²) in [6, 6.07) is 6.39. The van der Waals surface area contributed by atoms with Crippen LogP contribution in [0.25, 0.3) is 10.9 Å². The number of hydrogen-bond donors (Lipinski definition) is 1. The highest BCUT2D eigenvalue weighted by Crippen LogP contribution is 2.31. The largest absolute Gasteiger partial charge is 0.457 e. The van der Waals surface area contributed by atoms with Crippen molar-refractivity contribution < 1.29 is 4.74 Å². The number of fused-ring (bicyclic) bond motifs is 3. The second-order valence-electron chi connectivity index (χ2n) is 7.83. The van der Waals surface area contributed by atoms with Crippen LogP contribution in [-0.4, -0.2) is 23.0 Å². The predicted molar refractivity (Wildman–Crippen MR) is 131 cm³/mol. The van der Waals surface area contributed by atoms with E-state index in [9.17, 15) is 0 Å². The maximum atomic E-state index is 6.14. The SMILES string of the molecule is C1=CC=C(CN2CCc3[nH]c4ccc(OC5=CC=CCC=C5)cc4c3C2)CC=C1.CC. The van der Waals surface area contributed by atoms with Crippen LogP contribution in [0.2, 0.25) is 0 Å². The van der Waals surface area contributed by atoms with Gasteiger partial charge in [-0.05, 0) is 48.8 Å². The van der Waals surface area contributed by atoms with Crippen LogP contribution in [0.5, 0.6) is 5.75 Å². The van der Waals surface area contributed by atoms with E-state index in [0.29, 0.717) is 0 Å². The first-order valence-electron chi connectivity index (χ1n) is 11.4. The van der Waals surface area contributed by atoms with Crippen LogP contribution in [0.3, 0.4) is 0 Å². The molecule has 0 spiro atoms. The van der Waals surface area contributed by atoms with E-state index in [4.69, 9.17) is 4.74 Å². The van der Waals surface area contributed by atoms with Crippen molar-refractivity contribution in [2.24, 2.45) is 0 Å². The Bertz CT molecular complexity index is 1090. The second kappa shape index (κ2) is 10.3. The minimum atomic E-state index is 0.880. The molecule has 3 nitrogen and oxygen atoms in total. The van der Waals surface area contributed by atoms with Gasteiger partial charge in [0.2, 0.25) is 0 Å². The molecule has 0 bridgehead atoms. The number of aromatic nitrogens is 1. The van der Waals surface area contributed by atoms with Crippen molar-refractivity contribution in [3.8, 4) is 5.75 Å². The lowest BCUT2D eigenvalue weighted by molar-refractivity contribution is 0.274. The van der Waals surface area contributed by atoms with Gasteiger partial charge in [0.05, 0.1) is 0 Å². The molecule has 0 unspecified atom stereocenters. The van der Waals surface area contributed by atoms with Crippen molar-refractivity contribution in [2.75, 3.05) is 13.1 Å². The normalized spacial score (nSPS) is 17.9. The molecule has 1 aliphatic heterocycles. The molecule has 0 amide bonds. The Morgan fingerprint density at radius 2 is 1.94 bits per heavy atom. The van der Waals surface area contributed by atoms with Crippen LogP contribution in [0.1, 0.15) is 37.9 Å². The number of benzene rings is 1. The van der Waals surface area contributed by atoms with E-state index >= 15 is 0 Å². The summed E-state index contributed by atoms with van der Waals surface area (Å²) in [7, 11) is 0. The lowest BCUT2D eigenvalue weighted by Crippen LogP contribution is -2.31. The molecule has 31 heavy (non-hydrogen) atoms. The van der Waals surface area contributed by atoms with Gasteiger partial charge in [0.1, 0.15) is 11.5 Å². The molecule has 0 saturated heterocycles. The average molecular weight is 413 g/mol. The number of ether oxygens (including phenoxy) is 1. The van der Waals surface area contributed by atoms with Crippen LogP contribution >= 0.6 is 0 Å². The maximum Gasteiger partial charge on any atom is 0.128 e. The van der Waals surface area contributed by atoms with Gasteiger partial charge in [0, 0.05) is 42.7 Å². The molecule has 0 saturated carbocycles. The van der Waals surface area contributed by atoms with E-state index in [0.717, 1.165) is 50.4 Å². The van der Waals surface area contributed by atoms with Gasteiger partial charge in [-0.1, -0.05) is 68.0 Å². The molecule has 2 aromatic rings. The number of hydrogen-bond acceptors (Lipinski definition) is 2. The molecule has 2 heterocycles. The summed E-state index contributed by atoms with van der Waals surface area (Å²) in [5.41, 5.74) is 5.47. The lowest BCUT2D eigenvalue weighted by atomic mass is 10.0. The topological polar surface area (TPSA) is 28.3 Å². The van der Waals surface area contributed by atoms with Gasteiger partial charge in [-0.3, -0.25) is 4.90 Å². The first kappa shape index (κ1) is 21.2. The summed E-state index contributed by atoms with van der Waals surface area (Å²) >= 11 is 0. The molecule has 1 aromatic carbocycles. The van der Waals surface area contributed by atoms with Crippen molar-refractivity contribution in [2.45, 2.75) is 39.7 Å². The van der Waals surface area contributed by atoms with Crippen LogP contribution in [0.4, 0.5) is 0 Å². The van der Waals surface area contributed by atoms with Gasteiger partial charge < -0.3 is 9.72 Å². The minimum Gasteiger partial charge on any atom is -0.457 e. The third-order valence-corrected chi connectivity index (χ3v) is 5.71. The fraction of sp³-hybridized carbons (Fsp3) is 0.286. The summed E-state index contributed by atoms with van der Waals surface area (Å²) in [6.07, 6.45) is 24.3. The summed E-state index contributed by atoms with van der Waals surface area (Å²) in [5, 5.41) is 1.28. The Morgan fingerprint density at radius 3 is 2.87 bits per heavy atom. The highest BCUT2D eigenvalue weighted by Gasteiger charge is 2.21. The zero-order valence-corrected chi connectivity index (χ0v) is 18.6. The number of nitrogens with one attached hydrogen (secondary N) is 1. The highest BCUT2D eigenvalue weighted by atomic mass is 16.5. The quantitative estimate of drug-likeness (QED) is 0.600. The first-order chi connectivity index (χ1) is 15.3. The monoisotopic (exact) mass is 412 g/mol. The van der Waals surface area contributed by atoms with Gasteiger partial charge in [0.15, 0.2) is 0 Å². The third kappa shape index (κ3) is 5.18. The van der Waals surface area contributed by atoms with E-state index in [1.807, 2.05) is 26.0 Å². The van der Waals surface area contributed by atoms with Crippen molar-refractivity contribution in [3.63, 3.8) is 0 Å². The highest BCUT2D eigenvalue weighted by molar-refractivity contribution is 5.86. The molecule has 3 aliphatic rings. The molecule has 1 aromatic heterocycles. The van der Waals surface area contributed by atoms with E-state index in [-0.39, 0.29) is 0 Å². The number of allylic oxidation sites excluding steroid dienone is 10. The average Bonchev–Trinajstić information content (AvgIpc) is 3.00. The van der Waals surface area contributed by atoms with Gasteiger partial charge >= 0.3 is 0 Å². The molecular formula is C28H32N2O. The van der Waals surface area contributed by atoms with Crippen molar-refractivity contribution in [1.29, 1.82) is 0 Å². The molecule has 0 radical (unpaired) electrons. The predicted octanol–water partition coefficient (Wildman–Crippen LogP) is 6.77. The number of nitrogens with zero attached hydrogens (tertiary/aromatic N) is 1. The van der Waals surface area contributed by atoms with Crippen LogP contribution in [0.15, 0.2) is 90.3 Å². The molecule has 3 heteroatoms. The fourth-order valence-electron chi connectivity index (χ4n) is 4.24. The molecular weight excluding hydrogens is 380 g/mol. The standard InChI is InChI=1S/C26H26N2O.C2H6/c1-2-6-10-20(9-5-1)18-28-16-15-26-24(19-28)23-17-22(13-14-25(23)27-26)29-21-11-7-3-4-8-12-21;1-2/h1-3,5-9,11-14,17,27H,4,10,15-16,18-19H2;1-2H3. The molecule has 160 valence electrons. The summed E-state index contributed by atoms with van der Waals surface area (Å²) in [6.45, 7) is 7.11. The number of H-pyrrole nitrogens is 1. The van der Waals surface area contributed by atoms with Crippen LogP contribution in [0, 0.1) is 0 Å². The Balaban J connectivity index is 0.00000112. The Hall–Kier alpha value is -3.04. The molecule has 2 aliphatic carbocycles. The Morgan fingerprint density at radius 1 is 1.00 bits per heavy atom. The van der Waals surface area contributed by atoms with E-state index in [1.54, 1.807) is 0 Å². The fourth-order valence-corrected chi connectivity index (χ4v) is 4.24. The molecule has 0 fully saturated rings. The molecule has 0 atom stereocenters. The van der Waals surface area contributed by atoms with E-state index < -0.39 is 0 Å². The summed E-state index contributed by atoms with van der Waals surface area (Å²) in [5.74, 6) is 1.77. The molecule has 5 rings (SSSR count). The van der Waals surface area contributed by atoms with Gasteiger partial charge in [-0.2, -0.15) is 0 Å². The minimum absolute atomic E-state index is 0.880. The Labute approximate surface area is 185 Å². The molecule has 1 N–H and O–H groups in total. The van der Waals surface area contributed by atoms with Gasteiger partial charge in [0.25, 0.3) is 0 Å². The second-order valence-corrected chi connectivity index (χ2v) is 7.83. The number of aromatic amines is 1. The number of rotatable bonds is 4.